The number of anilines is 1. The quantitative estimate of drug-likeness (QED) is 0.817. The summed E-state index contributed by atoms with van der Waals surface area (Å²) in [6, 6.07) is 11.6. The molecule has 2 aromatic rings. The minimum Gasteiger partial charge on any atom is -0.495 e. The van der Waals surface area contributed by atoms with E-state index in [2.05, 4.69) is 0 Å². The van der Waals surface area contributed by atoms with Crippen molar-refractivity contribution in [2.24, 2.45) is 0 Å². The lowest BCUT2D eigenvalue weighted by molar-refractivity contribution is 0.417. The summed E-state index contributed by atoms with van der Waals surface area (Å²) in [6.07, 6.45) is 0. The van der Waals surface area contributed by atoms with Crippen LogP contribution in [0.1, 0.15) is 5.56 Å². The van der Waals surface area contributed by atoms with E-state index in [1.807, 2.05) is 43.3 Å². The average Bonchev–Trinajstić information content (AvgIpc) is 2.29. The Kier molecular flexibility index (Phi) is 3.25. The summed E-state index contributed by atoms with van der Waals surface area (Å²) in [5.41, 5.74) is 9.75. The molecule has 0 atom stereocenters. The number of ether oxygens (including phenoxy) is 1. The number of methoxy groups -OCH3 is 1. The van der Waals surface area contributed by atoms with Crippen LogP contribution in [-0.2, 0) is 0 Å². The second-order valence-electron chi connectivity index (χ2n) is 3.92. The van der Waals surface area contributed by atoms with E-state index in [0.717, 1.165) is 21.7 Å². The van der Waals surface area contributed by atoms with Crippen LogP contribution in [0.4, 0.5) is 5.69 Å². The zero-order valence-electron chi connectivity index (χ0n) is 9.83. The summed E-state index contributed by atoms with van der Waals surface area (Å²) in [4.78, 5) is 0. The molecule has 3 heteroatoms. The number of nitrogens with two attached hydrogens (primary N) is 1. The van der Waals surface area contributed by atoms with Crippen LogP contribution in [0, 0.1) is 6.92 Å². The summed E-state index contributed by atoms with van der Waals surface area (Å²) >= 11 is 6.00. The largest absolute Gasteiger partial charge is 0.495 e. The van der Waals surface area contributed by atoms with Gasteiger partial charge in [0.05, 0.1) is 12.8 Å². The first-order chi connectivity index (χ1) is 8.11. The summed E-state index contributed by atoms with van der Waals surface area (Å²) in [6.45, 7) is 2.02. The van der Waals surface area contributed by atoms with Crippen LogP contribution < -0.4 is 10.5 Å². The number of rotatable bonds is 2. The van der Waals surface area contributed by atoms with Crippen molar-refractivity contribution < 1.29 is 4.74 Å². The molecule has 0 aliphatic heterocycles. The van der Waals surface area contributed by atoms with Gasteiger partial charge in [-0.3, -0.25) is 0 Å². The molecule has 2 aromatic carbocycles. The van der Waals surface area contributed by atoms with Gasteiger partial charge in [0.25, 0.3) is 0 Å². The monoisotopic (exact) mass is 247 g/mol. The summed E-state index contributed by atoms with van der Waals surface area (Å²) in [5.74, 6) is 0.686. The normalized spacial score (nSPS) is 10.3. The van der Waals surface area contributed by atoms with Crippen LogP contribution in [-0.4, -0.2) is 7.11 Å². The van der Waals surface area contributed by atoms with Crippen molar-refractivity contribution in [1.29, 1.82) is 0 Å². The molecular weight excluding hydrogens is 234 g/mol. The van der Waals surface area contributed by atoms with Gasteiger partial charge in [-0.2, -0.15) is 0 Å². The summed E-state index contributed by atoms with van der Waals surface area (Å²) in [7, 11) is 1.61. The molecule has 2 rings (SSSR count). The molecule has 0 amide bonds. The van der Waals surface area contributed by atoms with E-state index in [1.165, 1.54) is 0 Å². The van der Waals surface area contributed by atoms with Gasteiger partial charge in [0, 0.05) is 5.02 Å². The van der Waals surface area contributed by atoms with Crippen molar-refractivity contribution in [3.8, 4) is 16.9 Å². The second kappa shape index (κ2) is 4.68. The molecule has 0 bridgehead atoms. The Labute approximate surface area is 106 Å². The van der Waals surface area contributed by atoms with Crippen LogP contribution in [0.5, 0.6) is 5.75 Å². The molecule has 0 aliphatic rings. The zero-order chi connectivity index (χ0) is 12.4. The standard InChI is InChI=1S/C14H14ClNO/c1-9-6-13(16)14(17-2)8-12(9)10-4-3-5-11(15)7-10/h3-8H,16H2,1-2H3. The molecule has 17 heavy (non-hydrogen) atoms. The fourth-order valence-electron chi connectivity index (χ4n) is 1.85. The molecule has 2 N–H and O–H groups in total. The van der Waals surface area contributed by atoms with Crippen molar-refractivity contribution >= 4 is 17.3 Å². The number of nitrogen functional groups attached to an aromatic ring is 1. The lowest BCUT2D eigenvalue weighted by Crippen LogP contribution is -1.95. The number of aryl methyl sites for hydroxylation is 1. The third-order valence-corrected chi connectivity index (χ3v) is 2.95. The van der Waals surface area contributed by atoms with Gasteiger partial charge in [-0.1, -0.05) is 23.7 Å². The lowest BCUT2D eigenvalue weighted by Gasteiger charge is -2.11. The van der Waals surface area contributed by atoms with Crippen LogP contribution in [0.25, 0.3) is 11.1 Å². The van der Waals surface area contributed by atoms with Gasteiger partial charge in [0.15, 0.2) is 0 Å². The second-order valence-corrected chi connectivity index (χ2v) is 4.36. The maximum Gasteiger partial charge on any atom is 0.142 e. The SMILES string of the molecule is COc1cc(-c2cccc(Cl)c2)c(C)cc1N. The van der Waals surface area contributed by atoms with Gasteiger partial charge in [0.1, 0.15) is 5.75 Å². The maximum absolute atomic E-state index is 6.00. The van der Waals surface area contributed by atoms with E-state index in [-0.39, 0.29) is 0 Å². The molecule has 0 spiro atoms. The van der Waals surface area contributed by atoms with E-state index in [0.29, 0.717) is 11.4 Å². The smallest absolute Gasteiger partial charge is 0.142 e. The van der Waals surface area contributed by atoms with Gasteiger partial charge in [-0.15, -0.1) is 0 Å². The molecule has 0 unspecified atom stereocenters. The van der Waals surface area contributed by atoms with Gasteiger partial charge < -0.3 is 10.5 Å². The number of hydrogen-bond donors (Lipinski definition) is 1. The fraction of sp³-hybridized carbons (Fsp3) is 0.143. The van der Waals surface area contributed by atoms with E-state index in [4.69, 9.17) is 22.1 Å². The zero-order valence-corrected chi connectivity index (χ0v) is 10.6. The van der Waals surface area contributed by atoms with E-state index in [1.54, 1.807) is 7.11 Å². The highest BCUT2D eigenvalue weighted by Crippen LogP contribution is 2.33. The Balaban J connectivity index is 2.59. The fourth-order valence-corrected chi connectivity index (χ4v) is 2.04. The van der Waals surface area contributed by atoms with Crippen molar-refractivity contribution in [2.45, 2.75) is 6.92 Å². The Hall–Kier alpha value is -1.67. The van der Waals surface area contributed by atoms with Crippen molar-refractivity contribution in [2.75, 3.05) is 12.8 Å². The Morgan fingerprint density at radius 2 is 1.94 bits per heavy atom. The Bertz CT molecular complexity index is 552. The van der Waals surface area contributed by atoms with E-state index in [9.17, 15) is 0 Å². The van der Waals surface area contributed by atoms with Crippen LogP contribution in [0.2, 0.25) is 5.02 Å². The molecule has 0 aromatic heterocycles. The molecule has 88 valence electrons. The third kappa shape index (κ3) is 2.37. The van der Waals surface area contributed by atoms with Crippen LogP contribution in [0.15, 0.2) is 36.4 Å². The highest BCUT2D eigenvalue weighted by atomic mass is 35.5. The minimum absolute atomic E-state index is 0.649. The highest BCUT2D eigenvalue weighted by Gasteiger charge is 2.07. The van der Waals surface area contributed by atoms with Gasteiger partial charge in [-0.25, -0.2) is 0 Å². The lowest BCUT2D eigenvalue weighted by atomic mass is 9.99. The molecule has 2 nitrogen and oxygen atoms in total. The minimum atomic E-state index is 0.649. The molecule has 0 saturated heterocycles. The van der Waals surface area contributed by atoms with Crippen LogP contribution >= 0.6 is 11.6 Å². The van der Waals surface area contributed by atoms with Gasteiger partial charge in [0.2, 0.25) is 0 Å². The molecule has 0 heterocycles. The Morgan fingerprint density at radius 3 is 2.59 bits per heavy atom. The van der Waals surface area contributed by atoms with E-state index < -0.39 is 0 Å². The number of halogens is 1. The molecule has 0 fully saturated rings. The molecular formula is C14H14ClNO. The first-order valence-electron chi connectivity index (χ1n) is 5.32. The maximum atomic E-state index is 6.00. The van der Waals surface area contributed by atoms with Crippen LogP contribution in [0.3, 0.4) is 0 Å². The molecule has 0 radical (unpaired) electrons. The Morgan fingerprint density at radius 1 is 1.18 bits per heavy atom. The summed E-state index contributed by atoms with van der Waals surface area (Å²) < 4.78 is 5.23. The first kappa shape index (κ1) is 11.8. The number of benzene rings is 2. The van der Waals surface area contributed by atoms with Crippen molar-refractivity contribution in [3.63, 3.8) is 0 Å². The van der Waals surface area contributed by atoms with Gasteiger partial charge in [-0.05, 0) is 47.9 Å². The summed E-state index contributed by atoms with van der Waals surface area (Å²) in [5, 5.41) is 0.720. The van der Waals surface area contributed by atoms with Crippen molar-refractivity contribution in [1.82, 2.24) is 0 Å². The number of hydrogen-bond acceptors (Lipinski definition) is 2. The molecule has 0 aliphatic carbocycles. The third-order valence-electron chi connectivity index (χ3n) is 2.71. The molecule has 0 saturated carbocycles. The van der Waals surface area contributed by atoms with Crippen molar-refractivity contribution in [3.05, 3.63) is 47.0 Å². The average molecular weight is 248 g/mol. The van der Waals surface area contributed by atoms with E-state index >= 15 is 0 Å². The predicted octanol–water partition coefficient (Wildman–Crippen LogP) is 3.91. The van der Waals surface area contributed by atoms with Gasteiger partial charge >= 0.3 is 0 Å². The first-order valence-corrected chi connectivity index (χ1v) is 5.69. The predicted molar refractivity (Wildman–Crippen MR) is 72.6 cm³/mol. The topological polar surface area (TPSA) is 35.2 Å². The highest BCUT2D eigenvalue weighted by molar-refractivity contribution is 6.30.